The SMILES string of the molecule is CCCNCC(=O)Nc1ccc(C(F)(F)F)cc1C(=O)O. The van der Waals surface area contributed by atoms with E-state index in [1.54, 1.807) is 0 Å². The Balaban J connectivity index is 2.92. The van der Waals surface area contributed by atoms with Crippen molar-refractivity contribution in [1.29, 1.82) is 0 Å². The van der Waals surface area contributed by atoms with Gasteiger partial charge in [0, 0.05) is 0 Å². The molecule has 1 aromatic carbocycles. The van der Waals surface area contributed by atoms with Crippen molar-refractivity contribution in [3.05, 3.63) is 29.3 Å². The van der Waals surface area contributed by atoms with E-state index in [0.717, 1.165) is 18.6 Å². The molecule has 1 amide bonds. The normalized spacial score (nSPS) is 11.2. The molecule has 5 nitrogen and oxygen atoms in total. The Labute approximate surface area is 119 Å². The first-order chi connectivity index (χ1) is 9.75. The van der Waals surface area contributed by atoms with E-state index in [9.17, 15) is 22.8 Å². The van der Waals surface area contributed by atoms with Gasteiger partial charge in [-0.25, -0.2) is 4.79 Å². The molecule has 0 aliphatic rings. The number of nitrogens with one attached hydrogen (secondary N) is 2. The minimum atomic E-state index is -4.64. The molecule has 0 radical (unpaired) electrons. The van der Waals surface area contributed by atoms with Crippen molar-refractivity contribution in [3.63, 3.8) is 0 Å². The lowest BCUT2D eigenvalue weighted by atomic mass is 10.1. The molecule has 0 saturated heterocycles. The molecule has 0 aliphatic heterocycles. The Hall–Kier alpha value is -2.09. The van der Waals surface area contributed by atoms with Crippen LogP contribution in [0.15, 0.2) is 18.2 Å². The van der Waals surface area contributed by atoms with Gasteiger partial charge in [0.25, 0.3) is 0 Å². The largest absolute Gasteiger partial charge is 0.478 e. The van der Waals surface area contributed by atoms with Crippen molar-refractivity contribution < 1.29 is 27.9 Å². The maximum atomic E-state index is 12.5. The third kappa shape index (κ3) is 5.07. The van der Waals surface area contributed by atoms with Crippen molar-refractivity contribution >= 4 is 17.6 Å². The van der Waals surface area contributed by atoms with Crippen LogP contribution in [0, 0.1) is 0 Å². The number of hydrogen-bond acceptors (Lipinski definition) is 3. The topological polar surface area (TPSA) is 78.4 Å². The summed E-state index contributed by atoms with van der Waals surface area (Å²) in [6.07, 6.45) is -3.83. The summed E-state index contributed by atoms with van der Waals surface area (Å²) < 4.78 is 37.6. The third-order valence-corrected chi connectivity index (χ3v) is 2.56. The average Bonchev–Trinajstić information content (AvgIpc) is 2.37. The lowest BCUT2D eigenvalue weighted by Gasteiger charge is -2.12. The standard InChI is InChI=1S/C13H15F3N2O3/c1-2-5-17-7-11(19)18-10-4-3-8(13(14,15)16)6-9(10)12(20)21/h3-4,6,17H,2,5,7H2,1H3,(H,18,19)(H,20,21). The van der Waals surface area contributed by atoms with Crippen LogP contribution in [0.4, 0.5) is 18.9 Å². The molecule has 0 fully saturated rings. The molecule has 1 rings (SSSR count). The second-order valence-corrected chi connectivity index (χ2v) is 4.29. The summed E-state index contributed by atoms with van der Waals surface area (Å²) in [5, 5.41) is 14.0. The lowest BCUT2D eigenvalue weighted by molar-refractivity contribution is -0.137. The molecule has 116 valence electrons. The van der Waals surface area contributed by atoms with Gasteiger partial charge in [-0.3, -0.25) is 4.79 Å². The number of aromatic carboxylic acids is 1. The molecule has 21 heavy (non-hydrogen) atoms. The fourth-order valence-corrected chi connectivity index (χ4v) is 1.58. The van der Waals surface area contributed by atoms with Gasteiger partial charge >= 0.3 is 12.1 Å². The molecule has 1 aromatic rings. The second-order valence-electron chi connectivity index (χ2n) is 4.29. The fraction of sp³-hybridized carbons (Fsp3) is 0.385. The first-order valence-corrected chi connectivity index (χ1v) is 6.20. The summed E-state index contributed by atoms with van der Waals surface area (Å²) >= 11 is 0. The number of carboxylic acids is 1. The number of rotatable bonds is 6. The Morgan fingerprint density at radius 2 is 1.95 bits per heavy atom. The van der Waals surface area contributed by atoms with Crippen LogP contribution < -0.4 is 10.6 Å². The van der Waals surface area contributed by atoms with Gasteiger partial charge in [0.15, 0.2) is 0 Å². The molecule has 0 unspecified atom stereocenters. The van der Waals surface area contributed by atoms with E-state index < -0.39 is 29.2 Å². The van der Waals surface area contributed by atoms with E-state index in [1.165, 1.54) is 0 Å². The monoisotopic (exact) mass is 304 g/mol. The van der Waals surface area contributed by atoms with Gasteiger partial charge in [-0.05, 0) is 31.2 Å². The maximum absolute atomic E-state index is 12.5. The molecule has 0 aliphatic carbocycles. The Kier molecular flexibility index (Phi) is 5.71. The number of hydrogen-bond donors (Lipinski definition) is 3. The molecule has 0 heterocycles. The van der Waals surface area contributed by atoms with Gasteiger partial charge in [-0.2, -0.15) is 13.2 Å². The summed E-state index contributed by atoms with van der Waals surface area (Å²) in [6.45, 7) is 2.46. The van der Waals surface area contributed by atoms with Gasteiger partial charge in [-0.15, -0.1) is 0 Å². The molecule has 0 saturated carbocycles. The summed E-state index contributed by atoms with van der Waals surface area (Å²) in [4.78, 5) is 22.6. The minimum Gasteiger partial charge on any atom is -0.478 e. The van der Waals surface area contributed by atoms with Crippen molar-refractivity contribution in [2.24, 2.45) is 0 Å². The van der Waals surface area contributed by atoms with Crippen LogP contribution in [0.2, 0.25) is 0 Å². The van der Waals surface area contributed by atoms with Crippen LogP contribution in [-0.2, 0) is 11.0 Å². The quantitative estimate of drug-likeness (QED) is 0.705. The van der Waals surface area contributed by atoms with Gasteiger partial charge in [0.1, 0.15) is 0 Å². The molecule has 8 heteroatoms. The number of amides is 1. The highest BCUT2D eigenvalue weighted by Gasteiger charge is 2.31. The van der Waals surface area contributed by atoms with Crippen molar-refractivity contribution in [2.45, 2.75) is 19.5 Å². The Bertz CT molecular complexity index is 530. The van der Waals surface area contributed by atoms with E-state index in [0.29, 0.717) is 12.6 Å². The van der Waals surface area contributed by atoms with Crippen molar-refractivity contribution in [1.82, 2.24) is 5.32 Å². The average molecular weight is 304 g/mol. The van der Waals surface area contributed by atoms with E-state index in [4.69, 9.17) is 5.11 Å². The molecule has 0 spiro atoms. The summed E-state index contributed by atoms with van der Waals surface area (Å²) in [5.41, 5.74) is -1.85. The molecular formula is C13H15F3N2O3. The Morgan fingerprint density at radius 3 is 2.48 bits per heavy atom. The number of carboxylic acid groups (broad SMARTS) is 1. The summed E-state index contributed by atoms with van der Waals surface area (Å²) in [6, 6.07) is 2.16. The molecule has 0 bridgehead atoms. The van der Waals surface area contributed by atoms with Gasteiger partial charge < -0.3 is 15.7 Å². The van der Waals surface area contributed by atoms with Crippen LogP contribution in [0.25, 0.3) is 0 Å². The Morgan fingerprint density at radius 1 is 1.29 bits per heavy atom. The summed E-state index contributed by atoms with van der Waals surface area (Å²) in [7, 11) is 0. The van der Waals surface area contributed by atoms with Gasteiger partial charge in [-0.1, -0.05) is 6.92 Å². The highest BCUT2D eigenvalue weighted by Crippen LogP contribution is 2.31. The van der Waals surface area contributed by atoms with Crippen LogP contribution in [0.3, 0.4) is 0 Å². The minimum absolute atomic E-state index is 0.0477. The third-order valence-electron chi connectivity index (χ3n) is 2.56. The number of alkyl halides is 3. The predicted molar refractivity (Wildman–Crippen MR) is 70.2 cm³/mol. The highest BCUT2D eigenvalue weighted by atomic mass is 19.4. The van der Waals surface area contributed by atoms with E-state index >= 15 is 0 Å². The van der Waals surface area contributed by atoms with E-state index in [2.05, 4.69) is 10.6 Å². The van der Waals surface area contributed by atoms with Gasteiger partial charge in [0.05, 0.1) is 23.4 Å². The zero-order valence-corrected chi connectivity index (χ0v) is 11.3. The number of halogens is 3. The highest BCUT2D eigenvalue weighted by molar-refractivity contribution is 6.01. The second kappa shape index (κ2) is 7.07. The lowest BCUT2D eigenvalue weighted by Crippen LogP contribution is -2.29. The van der Waals surface area contributed by atoms with Crippen molar-refractivity contribution in [3.8, 4) is 0 Å². The van der Waals surface area contributed by atoms with Crippen LogP contribution in [0.5, 0.6) is 0 Å². The number of carbonyl (C=O) groups is 2. The zero-order valence-electron chi connectivity index (χ0n) is 11.3. The number of anilines is 1. The summed E-state index contributed by atoms with van der Waals surface area (Å²) in [5.74, 6) is -2.07. The first-order valence-electron chi connectivity index (χ1n) is 6.20. The first kappa shape index (κ1) is 17.0. The predicted octanol–water partition coefficient (Wildman–Crippen LogP) is 2.34. The van der Waals surface area contributed by atoms with Gasteiger partial charge in [0.2, 0.25) is 5.91 Å². The number of benzene rings is 1. The number of carbonyl (C=O) groups excluding carboxylic acids is 1. The molecule has 3 N–H and O–H groups in total. The zero-order chi connectivity index (χ0) is 16.0. The van der Waals surface area contributed by atoms with Crippen molar-refractivity contribution in [2.75, 3.05) is 18.4 Å². The molecular weight excluding hydrogens is 289 g/mol. The smallest absolute Gasteiger partial charge is 0.416 e. The molecule has 0 aromatic heterocycles. The van der Waals surface area contributed by atoms with Crippen LogP contribution >= 0.6 is 0 Å². The van der Waals surface area contributed by atoms with Crippen LogP contribution in [-0.4, -0.2) is 30.1 Å². The fourth-order valence-electron chi connectivity index (χ4n) is 1.58. The molecule has 0 atom stereocenters. The van der Waals surface area contributed by atoms with E-state index in [-0.39, 0.29) is 12.2 Å². The maximum Gasteiger partial charge on any atom is 0.416 e. The van der Waals surface area contributed by atoms with E-state index in [1.807, 2.05) is 6.92 Å². The van der Waals surface area contributed by atoms with Crippen LogP contribution in [0.1, 0.15) is 29.3 Å².